The third-order valence-corrected chi connectivity index (χ3v) is 12.8. The molecular weight excluding hydrogens is 788 g/mol. The van der Waals surface area contributed by atoms with Gasteiger partial charge in [-0.2, -0.15) is 0 Å². The van der Waals surface area contributed by atoms with Gasteiger partial charge in [0.25, 0.3) is 0 Å². The number of aromatic nitrogens is 2. The van der Waals surface area contributed by atoms with Crippen molar-refractivity contribution in [3.8, 4) is 39.6 Å². The van der Waals surface area contributed by atoms with Crippen LogP contribution in [-0.4, -0.2) is 16.2 Å². The molecule has 10 rings (SSSR count). The van der Waals surface area contributed by atoms with E-state index in [9.17, 15) is 4.39 Å². The third kappa shape index (κ3) is 7.27. The van der Waals surface area contributed by atoms with Crippen LogP contribution in [0.3, 0.4) is 0 Å². The molecule has 7 aromatic carbocycles. The third-order valence-electron chi connectivity index (χ3n) is 12.8. The Bertz CT molecular complexity index is 3220. The number of pyridine rings is 1. The van der Waals surface area contributed by atoms with Crippen molar-refractivity contribution in [2.75, 3.05) is 16.5 Å². The first kappa shape index (κ1) is 40.9. The van der Waals surface area contributed by atoms with Crippen LogP contribution in [0.4, 0.5) is 27.1 Å². The first-order valence-electron chi connectivity index (χ1n) is 22.4. The van der Waals surface area contributed by atoms with Crippen LogP contribution in [0.25, 0.3) is 49.9 Å². The summed E-state index contributed by atoms with van der Waals surface area (Å²) in [6.45, 7) is 18.3. The normalized spacial score (nSPS) is 12.6. The van der Waals surface area contributed by atoms with Crippen molar-refractivity contribution in [1.82, 2.24) is 9.55 Å². The lowest BCUT2D eigenvalue weighted by molar-refractivity contribution is 0.483. The topological polar surface area (TPSA) is 33.5 Å². The molecule has 3 heterocycles. The Kier molecular flexibility index (Phi) is 10.3. The molecular formula is C58H53FN4O. The number of benzene rings is 7. The number of halogens is 1. The maximum absolute atomic E-state index is 14.6. The van der Waals surface area contributed by atoms with Gasteiger partial charge in [-0.05, 0) is 168 Å². The van der Waals surface area contributed by atoms with Gasteiger partial charge in [-0.1, -0.05) is 87.9 Å². The first-order chi connectivity index (χ1) is 30.9. The minimum absolute atomic E-state index is 0.218. The highest BCUT2D eigenvalue weighted by atomic mass is 19.1. The zero-order valence-corrected chi connectivity index (χ0v) is 37.9. The zero-order valence-electron chi connectivity index (χ0n) is 37.9. The van der Waals surface area contributed by atoms with E-state index in [1.807, 2.05) is 18.3 Å². The van der Waals surface area contributed by atoms with Gasteiger partial charge in [0.2, 0.25) is 0 Å². The molecule has 0 saturated heterocycles. The molecule has 0 spiro atoms. The van der Waals surface area contributed by atoms with E-state index in [1.165, 1.54) is 50.5 Å². The van der Waals surface area contributed by atoms with Gasteiger partial charge in [0.05, 0.1) is 22.4 Å². The molecule has 0 amide bonds. The second-order valence-corrected chi connectivity index (χ2v) is 18.1. The fraction of sp³-hybridized carbons (Fsp3) is 0.190. The van der Waals surface area contributed by atoms with E-state index in [-0.39, 0.29) is 17.7 Å². The number of aryl methyl sites for hydroxylation is 4. The average Bonchev–Trinajstić information content (AvgIpc) is 3.81. The molecule has 9 aromatic rings. The van der Waals surface area contributed by atoms with Gasteiger partial charge in [-0.3, -0.25) is 4.57 Å². The van der Waals surface area contributed by atoms with Crippen LogP contribution in [0.5, 0.6) is 11.5 Å². The summed E-state index contributed by atoms with van der Waals surface area (Å²) in [6, 6.07) is 50.5. The van der Waals surface area contributed by atoms with E-state index in [0.717, 1.165) is 73.1 Å². The Morgan fingerprint density at radius 2 is 1.23 bits per heavy atom. The lowest BCUT2D eigenvalue weighted by Crippen LogP contribution is -2.26. The number of nitrogens with zero attached hydrogens (tertiary/aromatic N) is 4. The summed E-state index contributed by atoms with van der Waals surface area (Å²) in [6.07, 6.45) is 1.88. The summed E-state index contributed by atoms with van der Waals surface area (Å²) in [5, 5.41) is 2.31. The highest BCUT2D eigenvalue weighted by Crippen LogP contribution is 2.50. The van der Waals surface area contributed by atoms with Crippen molar-refractivity contribution >= 4 is 44.6 Å². The van der Waals surface area contributed by atoms with E-state index < -0.39 is 0 Å². The molecule has 0 atom stereocenters. The Morgan fingerprint density at radius 1 is 0.547 bits per heavy atom. The molecule has 2 aromatic heterocycles. The van der Waals surface area contributed by atoms with Crippen LogP contribution in [0, 0.1) is 33.5 Å². The molecule has 0 saturated carbocycles. The number of hydrogen-bond donors (Lipinski definition) is 0. The van der Waals surface area contributed by atoms with Crippen LogP contribution in [0.1, 0.15) is 72.9 Å². The van der Waals surface area contributed by atoms with Gasteiger partial charge in [0.15, 0.2) is 0 Å². The Morgan fingerprint density at radius 3 is 1.94 bits per heavy atom. The quantitative estimate of drug-likeness (QED) is 0.145. The summed E-state index contributed by atoms with van der Waals surface area (Å²) >= 11 is 0. The molecule has 0 N–H and O–H groups in total. The maximum Gasteiger partial charge on any atom is 0.137 e. The van der Waals surface area contributed by atoms with E-state index >= 15 is 0 Å². The summed E-state index contributed by atoms with van der Waals surface area (Å²) in [7, 11) is 0. The highest BCUT2D eigenvalue weighted by molar-refractivity contribution is 6.09. The van der Waals surface area contributed by atoms with Gasteiger partial charge in [-0.15, -0.1) is 0 Å². The van der Waals surface area contributed by atoms with Crippen molar-refractivity contribution in [2.24, 2.45) is 0 Å². The van der Waals surface area contributed by atoms with Crippen LogP contribution in [0.15, 0.2) is 152 Å². The number of fused-ring (bicyclic) bond motifs is 4. The van der Waals surface area contributed by atoms with Crippen molar-refractivity contribution in [2.45, 2.75) is 67.2 Å². The summed E-state index contributed by atoms with van der Waals surface area (Å²) in [5.41, 5.74) is 18.2. The van der Waals surface area contributed by atoms with Gasteiger partial charge >= 0.3 is 0 Å². The van der Waals surface area contributed by atoms with Crippen LogP contribution in [0.2, 0.25) is 0 Å². The second kappa shape index (κ2) is 16.2. The number of hydrogen-bond acceptors (Lipinski definition) is 4. The predicted octanol–water partition coefficient (Wildman–Crippen LogP) is 16.2. The Labute approximate surface area is 376 Å². The number of rotatable bonds is 9. The predicted molar refractivity (Wildman–Crippen MR) is 265 cm³/mol. The van der Waals surface area contributed by atoms with Crippen molar-refractivity contribution in [3.63, 3.8) is 0 Å². The number of ether oxygens (including phenoxy) is 1. The van der Waals surface area contributed by atoms with Crippen molar-refractivity contribution < 1.29 is 9.13 Å². The smallest absolute Gasteiger partial charge is 0.137 e. The van der Waals surface area contributed by atoms with Crippen LogP contribution < -0.4 is 14.5 Å². The van der Waals surface area contributed by atoms with Gasteiger partial charge in [0.1, 0.15) is 29.8 Å². The summed E-state index contributed by atoms with van der Waals surface area (Å²) < 4.78 is 23.8. The fourth-order valence-electron chi connectivity index (χ4n) is 9.95. The van der Waals surface area contributed by atoms with Crippen LogP contribution >= 0.6 is 0 Å². The SMILES string of the molecule is Cc1ccnc(-n2c3ccccc3c3ccc(Oc4cc(-c5c(C)cc(C)cc5C)cc(N5CN(c6c(C(C)C)cc(-c7cccc(F)c7)cc6C(C)C)c6ccccc65)c4)cc32)c1. The van der Waals surface area contributed by atoms with E-state index in [1.54, 1.807) is 12.1 Å². The van der Waals surface area contributed by atoms with Gasteiger partial charge < -0.3 is 14.5 Å². The van der Waals surface area contributed by atoms with Gasteiger partial charge in [0, 0.05) is 40.5 Å². The molecule has 6 heteroatoms. The standard InChI is InChI=1S/C58H53FN4O/c1-35(2)50-30-42(41-14-13-15-44(59)27-41)31-51(36(3)4)58(50)62-34-61(53-18-11-12-19-54(53)62)45-28-43(57-39(7)24-38(6)25-40(57)8)29-47(32-45)64-46-20-21-49-48-16-9-10-17-52(48)63(55(49)33-46)56-26-37(5)22-23-60-56/h9-33,35-36H,34H2,1-8H3. The summed E-state index contributed by atoms with van der Waals surface area (Å²) in [4.78, 5) is 9.72. The molecule has 1 aliphatic rings. The molecule has 0 bridgehead atoms. The first-order valence-corrected chi connectivity index (χ1v) is 22.4. The molecule has 0 radical (unpaired) electrons. The van der Waals surface area contributed by atoms with Gasteiger partial charge in [-0.25, -0.2) is 9.37 Å². The Hall–Kier alpha value is -7.18. The minimum Gasteiger partial charge on any atom is -0.457 e. The van der Waals surface area contributed by atoms with E-state index in [2.05, 4.69) is 185 Å². The van der Waals surface area contributed by atoms with E-state index in [4.69, 9.17) is 9.72 Å². The monoisotopic (exact) mass is 840 g/mol. The highest BCUT2D eigenvalue weighted by Gasteiger charge is 2.33. The van der Waals surface area contributed by atoms with Crippen LogP contribution in [-0.2, 0) is 0 Å². The molecule has 318 valence electrons. The lowest BCUT2D eigenvalue weighted by atomic mass is 9.87. The summed E-state index contributed by atoms with van der Waals surface area (Å²) in [5.74, 6) is 2.58. The fourth-order valence-corrected chi connectivity index (χ4v) is 9.95. The molecule has 64 heavy (non-hydrogen) atoms. The lowest BCUT2D eigenvalue weighted by Gasteiger charge is -2.30. The molecule has 0 fully saturated rings. The molecule has 1 aliphatic heterocycles. The molecule has 0 aliphatic carbocycles. The molecule has 5 nitrogen and oxygen atoms in total. The van der Waals surface area contributed by atoms with E-state index in [0.29, 0.717) is 6.67 Å². The average molecular weight is 841 g/mol. The maximum atomic E-state index is 14.6. The largest absolute Gasteiger partial charge is 0.457 e. The second-order valence-electron chi connectivity index (χ2n) is 18.1. The molecule has 0 unspecified atom stereocenters. The van der Waals surface area contributed by atoms with Crippen molar-refractivity contribution in [1.29, 1.82) is 0 Å². The van der Waals surface area contributed by atoms with Crippen molar-refractivity contribution in [3.05, 3.63) is 191 Å². The Balaban J connectivity index is 1.12. The minimum atomic E-state index is -0.229. The zero-order chi connectivity index (χ0) is 44.4. The number of anilines is 4. The number of para-hydroxylation sites is 3.